The van der Waals surface area contributed by atoms with Gasteiger partial charge >= 0.3 is 24.7 Å². The summed E-state index contributed by atoms with van der Waals surface area (Å²) in [7, 11) is 0. The number of esters is 2. The molecule has 292 valence electrons. The molecule has 2 heterocycles. The van der Waals surface area contributed by atoms with Crippen molar-refractivity contribution in [3.8, 4) is 39.5 Å². The van der Waals surface area contributed by atoms with Gasteiger partial charge in [-0.1, -0.05) is 36.4 Å². The molecule has 0 spiro atoms. The lowest BCUT2D eigenvalue weighted by Gasteiger charge is -2.17. The zero-order chi connectivity index (χ0) is 40.7. The van der Waals surface area contributed by atoms with E-state index in [0.717, 1.165) is 24.3 Å². The molecule has 4 aromatic carbocycles. The third-order valence-corrected chi connectivity index (χ3v) is 7.80. The second-order valence-corrected chi connectivity index (χ2v) is 11.7. The highest BCUT2D eigenvalue weighted by molar-refractivity contribution is 6.07. The minimum atomic E-state index is -5.10. The molecule has 0 aliphatic heterocycles. The molecule has 0 aliphatic rings. The fraction of sp³-hybridized carbons (Fsp3) is 0.100. The Morgan fingerprint density at radius 2 is 1.11 bits per heavy atom. The molecule has 0 amide bonds. The quantitative estimate of drug-likeness (QED) is 0.0704. The predicted octanol–water partition coefficient (Wildman–Crippen LogP) is 10.6. The number of hydrogen-bond acceptors (Lipinski definition) is 10. The summed E-state index contributed by atoms with van der Waals surface area (Å²) in [6.07, 6.45) is -7.51. The zero-order valence-electron chi connectivity index (χ0n) is 29.2. The van der Waals surface area contributed by atoms with Crippen LogP contribution in [0.1, 0.15) is 27.6 Å². The summed E-state index contributed by atoms with van der Waals surface area (Å²) in [6.45, 7) is 2.16. The Hall–Kier alpha value is -7.17. The van der Waals surface area contributed by atoms with Gasteiger partial charge in [0.05, 0.1) is 18.0 Å². The second kappa shape index (κ2) is 16.7. The Kier molecular flexibility index (Phi) is 11.6. The lowest BCUT2D eigenvalue weighted by atomic mass is 10.0. The van der Waals surface area contributed by atoms with Crippen molar-refractivity contribution >= 4 is 34.9 Å². The fourth-order valence-electron chi connectivity index (χ4n) is 5.40. The third kappa shape index (κ3) is 10.3. The number of nitrogens with one attached hydrogen (secondary N) is 2. The molecular formula is C40H27F7N4O6. The Balaban J connectivity index is 1.20. The number of halogens is 7. The molecule has 6 rings (SSSR count). The number of alkyl halides is 6. The predicted molar refractivity (Wildman–Crippen MR) is 193 cm³/mol. The van der Waals surface area contributed by atoms with E-state index < -0.39 is 42.0 Å². The number of rotatable bonds is 12. The summed E-state index contributed by atoms with van der Waals surface area (Å²) in [6, 6.07) is 24.4. The highest BCUT2D eigenvalue weighted by Crippen LogP contribution is 2.38. The van der Waals surface area contributed by atoms with E-state index in [1.807, 2.05) is 0 Å². The zero-order valence-corrected chi connectivity index (χ0v) is 29.2. The molecule has 0 aliphatic carbocycles. The van der Waals surface area contributed by atoms with Gasteiger partial charge in [-0.2, -0.15) is 0 Å². The first-order valence-electron chi connectivity index (χ1n) is 16.6. The van der Waals surface area contributed by atoms with Crippen molar-refractivity contribution in [2.24, 2.45) is 0 Å². The number of hydrogen-bond donors (Lipinski definition) is 2. The molecule has 2 N–H and O–H groups in total. The van der Waals surface area contributed by atoms with Crippen molar-refractivity contribution in [3.63, 3.8) is 0 Å². The first-order chi connectivity index (χ1) is 27.2. The Bertz CT molecular complexity index is 2420. The fourth-order valence-corrected chi connectivity index (χ4v) is 5.40. The average molecular weight is 793 g/mol. The van der Waals surface area contributed by atoms with E-state index in [1.165, 1.54) is 73.1 Å². The van der Waals surface area contributed by atoms with Gasteiger partial charge < -0.3 is 29.6 Å². The van der Waals surface area contributed by atoms with Crippen molar-refractivity contribution in [1.82, 2.24) is 9.97 Å². The number of ether oxygens (including phenoxy) is 4. The van der Waals surface area contributed by atoms with Crippen molar-refractivity contribution in [3.05, 3.63) is 139 Å². The first kappa shape index (κ1) is 39.5. The minimum absolute atomic E-state index is 0.191. The first-order valence-corrected chi connectivity index (χ1v) is 16.6. The van der Waals surface area contributed by atoms with E-state index in [1.54, 1.807) is 31.2 Å². The number of benzene rings is 4. The van der Waals surface area contributed by atoms with E-state index >= 15 is 4.39 Å². The number of anilines is 4. The maximum absolute atomic E-state index is 15.3. The largest absolute Gasteiger partial charge is 0.573 e. The number of carbonyl (C=O) groups is 2. The Labute approximate surface area is 318 Å². The number of aromatic nitrogens is 2. The van der Waals surface area contributed by atoms with Crippen LogP contribution in [0.25, 0.3) is 22.3 Å². The van der Waals surface area contributed by atoms with Gasteiger partial charge in [0.2, 0.25) is 0 Å². The summed E-state index contributed by atoms with van der Waals surface area (Å²) in [4.78, 5) is 34.8. The van der Waals surface area contributed by atoms with Gasteiger partial charge in [0.15, 0.2) is 5.75 Å². The summed E-state index contributed by atoms with van der Waals surface area (Å²) >= 11 is 0. The van der Waals surface area contributed by atoms with E-state index in [-0.39, 0.29) is 45.3 Å². The molecule has 0 unspecified atom stereocenters. The molecule has 57 heavy (non-hydrogen) atoms. The van der Waals surface area contributed by atoms with E-state index in [2.05, 4.69) is 30.1 Å². The lowest BCUT2D eigenvalue weighted by Crippen LogP contribution is -2.19. The van der Waals surface area contributed by atoms with Gasteiger partial charge in [-0.15, -0.1) is 26.3 Å². The molecule has 0 bridgehead atoms. The van der Waals surface area contributed by atoms with Crippen LogP contribution < -0.4 is 24.8 Å². The number of carbonyl (C=O) groups excluding carboxylic acids is 2. The molecule has 0 saturated carbocycles. The second-order valence-electron chi connectivity index (χ2n) is 11.7. The maximum Gasteiger partial charge on any atom is 0.573 e. The van der Waals surface area contributed by atoms with Gasteiger partial charge in [-0.05, 0) is 102 Å². The molecule has 10 nitrogen and oxygen atoms in total. The van der Waals surface area contributed by atoms with Gasteiger partial charge in [-0.25, -0.2) is 23.9 Å². The van der Waals surface area contributed by atoms with E-state index in [0.29, 0.717) is 23.5 Å². The smallest absolute Gasteiger partial charge is 0.494 e. The topological polar surface area (TPSA) is 121 Å². The molecule has 2 aromatic heterocycles. The molecule has 0 atom stereocenters. The maximum atomic E-state index is 15.3. The van der Waals surface area contributed by atoms with Gasteiger partial charge in [0.25, 0.3) is 0 Å². The van der Waals surface area contributed by atoms with Gasteiger partial charge in [-0.3, -0.25) is 0 Å². The third-order valence-electron chi connectivity index (χ3n) is 7.80. The van der Waals surface area contributed by atoms with Crippen molar-refractivity contribution in [1.29, 1.82) is 0 Å². The van der Waals surface area contributed by atoms with Crippen LogP contribution in [-0.4, -0.2) is 41.2 Å². The van der Waals surface area contributed by atoms with Crippen molar-refractivity contribution in [2.75, 3.05) is 17.2 Å². The van der Waals surface area contributed by atoms with E-state index in [9.17, 15) is 35.9 Å². The lowest BCUT2D eigenvalue weighted by molar-refractivity contribution is -0.275. The normalized spacial score (nSPS) is 11.4. The monoisotopic (exact) mass is 792 g/mol. The van der Waals surface area contributed by atoms with Crippen LogP contribution in [0.2, 0.25) is 0 Å². The Morgan fingerprint density at radius 3 is 1.67 bits per heavy atom. The van der Waals surface area contributed by atoms with Crippen LogP contribution >= 0.6 is 0 Å². The van der Waals surface area contributed by atoms with Crippen LogP contribution in [0.4, 0.5) is 53.7 Å². The summed E-state index contributed by atoms with van der Waals surface area (Å²) in [5, 5.41) is 5.29. The standard InChI is InChI=1S/C40H27F7N4O6/c1-2-54-27-9-3-7-23(19-27)26-14-16-33(34(22-26)57-40(45,46)47)51-36-30(12-6-18-49-36)38(53)55-37(52)29-11-5-17-48-35(29)50-32-15-13-25(21-31(32)41)24-8-4-10-28(20-24)56-39(42,43)44/h3-22H,2H2,1H3,(H,48,50)(H,49,51). The molecule has 0 fully saturated rings. The van der Waals surface area contributed by atoms with Crippen LogP contribution in [0.5, 0.6) is 17.2 Å². The highest BCUT2D eigenvalue weighted by Gasteiger charge is 2.33. The van der Waals surface area contributed by atoms with Gasteiger partial charge in [0, 0.05) is 12.4 Å². The molecule has 0 radical (unpaired) electrons. The van der Waals surface area contributed by atoms with E-state index in [4.69, 9.17) is 9.47 Å². The highest BCUT2D eigenvalue weighted by atomic mass is 19.4. The number of pyridine rings is 2. The summed E-state index contributed by atoms with van der Waals surface area (Å²) < 4.78 is 113. The molecule has 6 aromatic rings. The average Bonchev–Trinajstić information content (AvgIpc) is 3.16. The summed E-state index contributed by atoms with van der Waals surface area (Å²) in [5.74, 6) is -4.52. The molecule has 0 saturated heterocycles. The van der Waals surface area contributed by atoms with Crippen LogP contribution in [0.3, 0.4) is 0 Å². The van der Waals surface area contributed by atoms with Gasteiger partial charge in [0.1, 0.15) is 40.1 Å². The van der Waals surface area contributed by atoms with Crippen LogP contribution in [0.15, 0.2) is 122 Å². The SMILES string of the molecule is CCOc1cccc(-c2ccc(Nc3ncccc3C(=O)OC(=O)c3cccnc3Nc3ccc(-c4cccc(OC(F)(F)F)c4)cc3F)c(OC(F)(F)F)c2)c1. The minimum Gasteiger partial charge on any atom is -0.494 e. The summed E-state index contributed by atoms with van der Waals surface area (Å²) in [5.41, 5.74) is 0.239. The van der Waals surface area contributed by atoms with Crippen molar-refractivity contribution in [2.45, 2.75) is 19.6 Å². The van der Waals surface area contributed by atoms with Crippen LogP contribution in [0, 0.1) is 5.82 Å². The molecule has 17 heteroatoms. The molecular weight excluding hydrogens is 765 g/mol. The number of nitrogens with zero attached hydrogens (tertiary/aromatic N) is 2. The van der Waals surface area contributed by atoms with Crippen molar-refractivity contribution < 1.29 is 59.3 Å². The Morgan fingerprint density at radius 1 is 0.596 bits per heavy atom. The van der Waals surface area contributed by atoms with Crippen LogP contribution in [-0.2, 0) is 4.74 Å².